The summed E-state index contributed by atoms with van der Waals surface area (Å²) in [6, 6.07) is 8.46. The molecule has 0 fully saturated rings. The first kappa shape index (κ1) is 11.6. The zero-order valence-electron chi connectivity index (χ0n) is 11.4. The summed E-state index contributed by atoms with van der Waals surface area (Å²) in [5.41, 5.74) is 7.00. The van der Waals surface area contributed by atoms with E-state index in [0.717, 1.165) is 36.5 Å². The minimum Gasteiger partial charge on any atom is -0.336 e. The van der Waals surface area contributed by atoms with Crippen LogP contribution in [0.1, 0.15) is 16.7 Å². The smallest absolute Gasteiger partial charge is 0.178 e. The number of nitrogens with one attached hydrogen (secondary N) is 2. The summed E-state index contributed by atoms with van der Waals surface area (Å²) < 4.78 is 0. The van der Waals surface area contributed by atoms with Gasteiger partial charge in [-0.05, 0) is 42.6 Å². The number of nitrogens with zero attached hydrogens (tertiary/aromatic N) is 2. The lowest BCUT2D eigenvalue weighted by atomic mass is 9.95. The number of aromatic amines is 1. The van der Waals surface area contributed by atoms with Crippen molar-refractivity contribution in [1.29, 1.82) is 0 Å². The van der Waals surface area contributed by atoms with Gasteiger partial charge in [-0.15, -0.1) is 0 Å². The average molecular weight is 264 g/mol. The number of imidazole rings is 1. The molecule has 20 heavy (non-hydrogen) atoms. The number of hydrogen-bond donors (Lipinski definition) is 2. The first-order chi connectivity index (χ1) is 9.83. The molecule has 2 aromatic heterocycles. The van der Waals surface area contributed by atoms with Crippen LogP contribution in [0.25, 0.3) is 22.6 Å². The van der Waals surface area contributed by atoms with Crippen LogP contribution in [0.2, 0.25) is 0 Å². The quantitative estimate of drug-likeness (QED) is 0.710. The third-order valence-corrected chi connectivity index (χ3v) is 4.00. The zero-order chi connectivity index (χ0) is 13.5. The molecule has 2 N–H and O–H groups in total. The van der Waals surface area contributed by atoms with E-state index in [4.69, 9.17) is 0 Å². The Hall–Kier alpha value is -2.20. The van der Waals surface area contributed by atoms with Gasteiger partial charge in [0.25, 0.3) is 0 Å². The Balaban J connectivity index is 1.93. The second-order valence-electron chi connectivity index (χ2n) is 5.28. The third kappa shape index (κ3) is 1.72. The van der Waals surface area contributed by atoms with E-state index in [1.165, 1.54) is 22.3 Å². The average Bonchev–Trinajstić information content (AvgIpc) is 2.92. The fourth-order valence-corrected chi connectivity index (χ4v) is 2.92. The number of fused-ring (bicyclic) bond motifs is 2. The van der Waals surface area contributed by atoms with Crippen LogP contribution in [0, 0.1) is 6.92 Å². The molecular weight excluding hydrogens is 248 g/mol. The number of aromatic nitrogens is 3. The van der Waals surface area contributed by atoms with Gasteiger partial charge < -0.3 is 10.3 Å². The van der Waals surface area contributed by atoms with Crippen molar-refractivity contribution in [2.45, 2.75) is 19.9 Å². The highest BCUT2D eigenvalue weighted by atomic mass is 15.0. The molecule has 0 saturated heterocycles. The van der Waals surface area contributed by atoms with Crippen molar-refractivity contribution in [2.24, 2.45) is 0 Å². The second kappa shape index (κ2) is 4.42. The Morgan fingerprint density at radius 3 is 3.05 bits per heavy atom. The first-order valence-electron chi connectivity index (χ1n) is 6.96. The van der Waals surface area contributed by atoms with E-state index >= 15 is 0 Å². The number of benzene rings is 1. The molecule has 0 radical (unpaired) electrons. The standard InChI is InChI=1S/C16H16N4/c1-10-5-8-18-16-14(10)19-15(20-16)13-4-2-3-11-9-17-7-6-12(11)13/h2-5,8,17H,6-7,9H2,1H3,(H,18,19,20). The lowest BCUT2D eigenvalue weighted by Crippen LogP contribution is -2.24. The van der Waals surface area contributed by atoms with Gasteiger partial charge in [0.1, 0.15) is 5.82 Å². The molecule has 0 amide bonds. The molecule has 0 saturated carbocycles. The van der Waals surface area contributed by atoms with Gasteiger partial charge in [-0.3, -0.25) is 0 Å². The number of H-pyrrole nitrogens is 1. The molecule has 100 valence electrons. The lowest BCUT2D eigenvalue weighted by Gasteiger charge is -2.19. The highest BCUT2D eigenvalue weighted by Crippen LogP contribution is 2.28. The summed E-state index contributed by atoms with van der Waals surface area (Å²) in [6.45, 7) is 4.05. The molecule has 1 aliphatic heterocycles. The van der Waals surface area contributed by atoms with Gasteiger partial charge in [-0.2, -0.15) is 0 Å². The number of rotatable bonds is 1. The molecular formula is C16H16N4. The Labute approximate surface area is 117 Å². The fourth-order valence-electron chi connectivity index (χ4n) is 2.92. The van der Waals surface area contributed by atoms with E-state index in [9.17, 15) is 0 Å². The molecule has 3 heterocycles. The van der Waals surface area contributed by atoms with Gasteiger partial charge >= 0.3 is 0 Å². The SMILES string of the molecule is Cc1ccnc2nc(-c3cccc4c3CCNC4)[nH]c12. The fraction of sp³-hybridized carbons (Fsp3) is 0.250. The minimum absolute atomic E-state index is 0.798. The van der Waals surface area contributed by atoms with Crippen molar-refractivity contribution in [3.05, 3.63) is 47.2 Å². The molecule has 0 unspecified atom stereocenters. The van der Waals surface area contributed by atoms with Crippen LogP contribution in [0.4, 0.5) is 0 Å². The van der Waals surface area contributed by atoms with Gasteiger partial charge in [0, 0.05) is 18.3 Å². The van der Waals surface area contributed by atoms with Crippen molar-refractivity contribution in [3.63, 3.8) is 0 Å². The van der Waals surface area contributed by atoms with Crippen LogP contribution in [-0.2, 0) is 13.0 Å². The summed E-state index contributed by atoms with van der Waals surface area (Å²) in [5.74, 6) is 0.931. The van der Waals surface area contributed by atoms with E-state index in [0.29, 0.717) is 0 Å². The van der Waals surface area contributed by atoms with E-state index in [1.54, 1.807) is 0 Å². The van der Waals surface area contributed by atoms with Crippen molar-refractivity contribution >= 4 is 11.2 Å². The van der Waals surface area contributed by atoms with Crippen molar-refractivity contribution in [1.82, 2.24) is 20.3 Å². The van der Waals surface area contributed by atoms with Crippen LogP contribution in [-0.4, -0.2) is 21.5 Å². The number of aryl methyl sites for hydroxylation is 1. The van der Waals surface area contributed by atoms with E-state index in [1.807, 2.05) is 12.3 Å². The Kier molecular flexibility index (Phi) is 2.57. The molecule has 4 nitrogen and oxygen atoms in total. The zero-order valence-corrected chi connectivity index (χ0v) is 11.4. The maximum absolute atomic E-state index is 4.66. The normalized spacial score (nSPS) is 14.4. The topological polar surface area (TPSA) is 53.6 Å². The molecule has 1 aliphatic rings. The molecule has 3 aromatic rings. The molecule has 0 atom stereocenters. The van der Waals surface area contributed by atoms with Crippen LogP contribution in [0.5, 0.6) is 0 Å². The Bertz CT molecular complexity index is 788. The Morgan fingerprint density at radius 2 is 2.15 bits per heavy atom. The number of hydrogen-bond acceptors (Lipinski definition) is 3. The van der Waals surface area contributed by atoms with E-state index in [-0.39, 0.29) is 0 Å². The minimum atomic E-state index is 0.798. The number of pyridine rings is 1. The molecule has 4 heteroatoms. The van der Waals surface area contributed by atoms with Crippen LogP contribution < -0.4 is 5.32 Å². The van der Waals surface area contributed by atoms with Gasteiger partial charge in [-0.25, -0.2) is 9.97 Å². The van der Waals surface area contributed by atoms with E-state index in [2.05, 4.69) is 45.4 Å². The summed E-state index contributed by atoms with van der Waals surface area (Å²) in [7, 11) is 0. The monoisotopic (exact) mass is 264 g/mol. The highest BCUT2D eigenvalue weighted by Gasteiger charge is 2.16. The first-order valence-corrected chi connectivity index (χ1v) is 6.96. The summed E-state index contributed by atoms with van der Waals surface area (Å²) >= 11 is 0. The van der Waals surface area contributed by atoms with Gasteiger partial charge in [0.2, 0.25) is 0 Å². The van der Waals surface area contributed by atoms with Gasteiger partial charge in [0.15, 0.2) is 5.65 Å². The van der Waals surface area contributed by atoms with Crippen molar-refractivity contribution in [2.75, 3.05) is 6.54 Å². The maximum atomic E-state index is 4.66. The molecule has 4 rings (SSSR count). The Morgan fingerprint density at radius 1 is 1.20 bits per heavy atom. The molecule has 1 aromatic carbocycles. The third-order valence-electron chi connectivity index (χ3n) is 4.00. The van der Waals surface area contributed by atoms with Crippen LogP contribution >= 0.6 is 0 Å². The predicted octanol–water partition coefficient (Wildman–Crippen LogP) is 2.58. The second-order valence-corrected chi connectivity index (χ2v) is 5.28. The molecule has 0 aliphatic carbocycles. The highest BCUT2D eigenvalue weighted by molar-refractivity contribution is 5.79. The van der Waals surface area contributed by atoms with E-state index < -0.39 is 0 Å². The predicted molar refractivity (Wildman–Crippen MR) is 79.5 cm³/mol. The largest absolute Gasteiger partial charge is 0.336 e. The summed E-state index contributed by atoms with van der Waals surface area (Å²) in [5, 5.41) is 3.41. The lowest BCUT2D eigenvalue weighted by molar-refractivity contribution is 0.644. The van der Waals surface area contributed by atoms with Crippen LogP contribution in [0.3, 0.4) is 0 Å². The summed E-state index contributed by atoms with van der Waals surface area (Å²) in [6.07, 6.45) is 2.86. The molecule has 0 bridgehead atoms. The molecule has 0 spiro atoms. The summed E-state index contributed by atoms with van der Waals surface area (Å²) in [4.78, 5) is 12.4. The van der Waals surface area contributed by atoms with Crippen molar-refractivity contribution in [3.8, 4) is 11.4 Å². The van der Waals surface area contributed by atoms with Gasteiger partial charge in [-0.1, -0.05) is 18.2 Å². The van der Waals surface area contributed by atoms with Crippen molar-refractivity contribution < 1.29 is 0 Å². The van der Waals surface area contributed by atoms with Crippen LogP contribution in [0.15, 0.2) is 30.5 Å². The van der Waals surface area contributed by atoms with Gasteiger partial charge in [0.05, 0.1) is 5.52 Å². The maximum Gasteiger partial charge on any atom is 0.178 e.